The fourth-order valence-corrected chi connectivity index (χ4v) is 5.64. The minimum absolute atomic E-state index is 0.0834. The van der Waals surface area contributed by atoms with Crippen LogP contribution in [0.3, 0.4) is 0 Å². The van der Waals surface area contributed by atoms with Crippen molar-refractivity contribution < 1.29 is 18.3 Å². The van der Waals surface area contributed by atoms with E-state index in [-0.39, 0.29) is 29.4 Å². The third kappa shape index (κ3) is 4.40. The van der Waals surface area contributed by atoms with Crippen LogP contribution in [0.2, 0.25) is 0 Å². The number of aromatic amines is 1. The van der Waals surface area contributed by atoms with Crippen molar-refractivity contribution in [1.82, 2.24) is 24.1 Å². The van der Waals surface area contributed by atoms with Gasteiger partial charge in [0.15, 0.2) is 5.52 Å². The normalized spacial score (nSPS) is 15.9. The Morgan fingerprint density at radius 3 is 2.64 bits per heavy atom. The molecule has 2 aromatic heterocycles. The average molecular weight is 476 g/mol. The molecule has 1 saturated heterocycles. The fraction of sp³-hybridized carbons (Fsp3) is 0.500. The SMILES string of the molecule is CCCc1nn(C)c2c(=O)[nH]c(-c3cc(S(=O)(=O)N4CCC(O)CC4)ccc3OCC)nc12. The second kappa shape index (κ2) is 9.24. The molecule has 0 unspecified atom stereocenters. The van der Waals surface area contributed by atoms with Crippen LogP contribution in [-0.2, 0) is 23.5 Å². The number of rotatable bonds is 7. The van der Waals surface area contributed by atoms with E-state index in [2.05, 4.69) is 15.1 Å². The van der Waals surface area contributed by atoms with Gasteiger partial charge in [-0.3, -0.25) is 9.48 Å². The van der Waals surface area contributed by atoms with E-state index < -0.39 is 16.1 Å². The Bertz CT molecular complexity index is 1320. The lowest BCUT2D eigenvalue weighted by molar-refractivity contribution is 0.113. The number of ether oxygens (including phenoxy) is 1. The van der Waals surface area contributed by atoms with Crippen molar-refractivity contribution in [1.29, 1.82) is 0 Å². The fourth-order valence-electron chi connectivity index (χ4n) is 4.15. The van der Waals surface area contributed by atoms with Crippen molar-refractivity contribution in [3.05, 3.63) is 34.2 Å². The summed E-state index contributed by atoms with van der Waals surface area (Å²) in [5.41, 5.74) is 1.62. The molecule has 178 valence electrons. The summed E-state index contributed by atoms with van der Waals surface area (Å²) in [7, 11) is -2.08. The molecule has 1 aliphatic rings. The molecule has 0 aliphatic carbocycles. The van der Waals surface area contributed by atoms with Crippen LogP contribution in [0.1, 0.15) is 38.8 Å². The number of H-pyrrole nitrogens is 1. The average Bonchev–Trinajstić information content (AvgIpc) is 3.10. The Hall–Kier alpha value is -2.76. The summed E-state index contributed by atoms with van der Waals surface area (Å²) >= 11 is 0. The molecule has 33 heavy (non-hydrogen) atoms. The van der Waals surface area contributed by atoms with E-state index in [0.29, 0.717) is 48.2 Å². The van der Waals surface area contributed by atoms with E-state index in [1.165, 1.54) is 21.1 Å². The predicted molar refractivity (Wildman–Crippen MR) is 124 cm³/mol. The van der Waals surface area contributed by atoms with Gasteiger partial charge in [0.1, 0.15) is 17.1 Å². The first-order valence-corrected chi connectivity index (χ1v) is 12.6. The van der Waals surface area contributed by atoms with Gasteiger partial charge in [-0.25, -0.2) is 13.4 Å². The van der Waals surface area contributed by atoms with Crippen LogP contribution in [-0.4, -0.2) is 63.4 Å². The van der Waals surface area contributed by atoms with Crippen molar-refractivity contribution in [2.75, 3.05) is 19.7 Å². The zero-order chi connectivity index (χ0) is 23.8. The third-order valence-corrected chi connectivity index (χ3v) is 7.71. The van der Waals surface area contributed by atoms with Crippen molar-refractivity contribution in [2.24, 2.45) is 7.05 Å². The first-order chi connectivity index (χ1) is 15.8. The molecule has 2 N–H and O–H groups in total. The number of hydrogen-bond donors (Lipinski definition) is 2. The zero-order valence-electron chi connectivity index (χ0n) is 19.0. The van der Waals surface area contributed by atoms with Gasteiger partial charge in [0, 0.05) is 20.1 Å². The monoisotopic (exact) mass is 475 g/mol. The smallest absolute Gasteiger partial charge is 0.277 e. The molecule has 4 rings (SSSR count). The van der Waals surface area contributed by atoms with E-state index in [1.807, 2.05) is 13.8 Å². The number of nitrogens with zero attached hydrogens (tertiary/aromatic N) is 4. The van der Waals surface area contributed by atoms with Gasteiger partial charge in [0.05, 0.1) is 28.9 Å². The zero-order valence-corrected chi connectivity index (χ0v) is 19.9. The summed E-state index contributed by atoms with van der Waals surface area (Å²) in [6, 6.07) is 4.58. The second-order valence-corrected chi connectivity index (χ2v) is 10.1. The topological polar surface area (TPSA) is 130 Å². The van der Waals surface area contributed by atoms with Crippen molar-refractivity contribution >= 4 is 21.1 Å². The Balaban J connectivity index is 1.85. The summed E-state index contributed by atoms with van der Waals surface area (Å²) in [6.45, 7) is 4.72. The predicted octanol–water partition coefficient (Wildman–Crippen LogP) is 1.82. The second-order valence-electron chi connectivity index (χ2n) is 8.16. The molecular weight excluding hydrogens is 446 g/mol. The summed E-state index contributed by atoms with van der Waals surface area (Å²) in [5, 5.41) is 14.2. The van der Waals surface area contributed by atoms with Crippen LogP contribution in [0, 0.1) is 0 Å². The van der Waals surface area contributed by atoms with Gasteiger partial charge >= 0.3 is 0 Å². The number of benzene rings is 1. The molecule has 0 radical (unpaired) electrons. The summed E-state index contributed by atoms with van der Waals surface area (Å²) in [4.78, 5) is 20.4. The molecule has 10 nitrogen and oxygen atoms in total. The highest BCUT2D eigenvalue weighted by atomic mass is 32.2. The molecule has 1 aliphatic heterocycles. The van der Waals surface area contributed by atoms with Gasteiger partial charge in [0.25, 0.3) is 5.56 Å². The highest BCUT2D eigenvalue weighted by Gasteiger charge is 2.30. The maximum Gasteiger partial charge on any atom is 0.277 e. The first kappa shape index (κ1) is 23.4. The maximum absolute atomic E-state index is 13.3. The van der Waals surface area contributed by atoms with Gasteiger partial charge in [-0.2, -0.15) is 9.40 Å². The molecule has 1 aromatic carbocycles. The van der Waals surface area contributed by atoms with Crippen LogP contribution in [0.15, 0.2) is 27.9 Å². The molecule has 3 aromatic rings. The van der Waals surface area contributed by atoms with Gasteiger partial charge < -0.3 is 14.8 Å². The molecule has 11 heteroatoms. The van der Waals surface area contributed by atoms with E-state index in [9.17, 15) is 18.3 Å². The number of aryl methyl sites for hydroxylation is 2. The standard InChI is InChI=1S/C22H29N5O5S/c1-4-6-17-19-20(26(3)25-17)22(29)24-21(23-19)16-13-15(7-8-18(16)32-5-2)33(30,31)27-11-9-14(28)10-12-27/h7-8,13-14,28H,4-6,9-12H2,1-3H3,(H,23,24,29). The maximum atomic E-state index is 13.3. The van der Waals surface area contributed by atoms with Gasteiger partial charge in [-0.05, 0) is 44.4 Å². The summed E-state index contributed by atoms with van der Waals surface area (Å²) in [5.74, 6) is 0.654. The van der Waals surface area contributed by atoms with Crippen molar-refractivity contribution in [2.45, 2.75) is 50.5 Å². The van der Waals surface area contributed by atoms with Gasteiger partial charge in [-0.15, -0.1) is 0 Å². The number of hydrogen-bond acceptors (Lipinski definition) is 7. The molecular formula is C22H29N5O5S. The number of nitrogens with one attached hydrogen (secondary N) is 1. The lowest BCUT2D eigenvalue weighted by Gasteiger charge is -2.29. The van der Waals surface area contributed by atoms with Crippen LogP contribution >= 0.6 is 0 Å². The third-order valence-electron chi connectivity index (χ3n) is 5.82. The Morgan fingerprint density at radius 1 is 1.24 bits per heavy atom. The largest absolute Gasteiger partial charge is 0.493 e. The van der Waals surface area contributed by atoms with E-state index in [4.69, 9.17) is 4.74 Å². The molecule has 0 bridgehead atoms. The number of piperidine rings is 1. The number of sulfonamides is 1. The molecule has 0 amide bonds. The Morgan fingerprint density at radius 2 is 1.97 bits per heavy atom. The van der Waals surface area contributed by atoms with Crippen LogP contribution in [0.4, 0.5) is 0 Å². The van der Waals surface area contributed by atoms with Gasteiger partial charge in [-0.1, -0.05) is 13.3 Å². The lowest BCUT2D eigenvalue weighted by Crippen LogP contribution is -2.40. The summed E-state index contributed by atoms with van der Waals surface area (Å²) in [6.07, 6.45) is 1.83. The number of fused-ring (bicyclic) bond motifs is 1. The first-order valence-electron chi connectivity index (χ1n) is 11.2. The molecule has 3 heterocycles. The number of aliphatic hydroxyl groups excluding tert-OH is 1. The Kier molecular flexibility index (Phi) is 6.55. The highest BCUT2D eigenvalue weighted by molar-refractivity contribution is 7.89. The van der Waals surface area contributed by atoms with Crippen LogP contribution in [0.5, 0.6) is 5.75 Å². The van der Waals surface area contributed by atoms with E-state index >= 15 is 0 Å². The van der Waals surface area contributed by atoms with Crippen molar-refractivity contribution in [3.8, 4) is 17.1 Å². The number of aromatic nitrogens is 4. The van der Waals surface area contributed by atoms with E-state index in [0.717, 1.165) is 12.1 Å². The summed E-state index contributed by atoms with van der Waals surface area (Å²) < 4.78 is 35.2. The minimum atomic E-state index is -3.78. The molecule has 0 saturated carbocycles. The Labute approximate surface area is 192 Å². The number of aliphatic hydroxyl groups is 1. The quantitative estimate of drug-likeness (QED) is 0.533. The van der Waals surface area contributed by atoms with E-state index in [1.54, 1.807) is 13.1 Å². The van der Waals surface area contributed by atoms with Crippen molar-refractivity contribution in [3.63, 3.8) is 0 Å². The molecule has 0 spiro atoms. The molecule has 0 atom stereocenters. The minimum Gasteiger partial charge on any atom is -0.493 e. The lowest BCUT2D eigenvalue weighted by atomic mass is 10.1. The van der Waals surface area contributed by atoms with Crippen LogP contribution < -0.4 is 10.3 Å². The van der Waals surface area contributed by atoms with Gasteiger partial charge in [0.2, 0.25) is 10.0 Å². The molecule has 1 fully saturated rings. The highest BCUT2D eigenvalue weighted by Crippen LogP contribution is 2.32. The van der Waals surface area contributed by atoms with Crippen LogP contribution in [0.25, 0.3) is 22.4 Å².